The van der Waals surface area contributed by atoms with Crippen molar-refractivity contribution < 1.29 is 17.6 Å². The topological polar surface area (TPSA) is 0 Å². The molecule has 1 aromatic carbocycles. The Hall–Kier alpha value is -1.32. The summed E-state index contributed by atoms with van der Waals surface area (Å²) in [7, 11) is 0. The summed E-state index contributed by atoms with van der Waals surface area (Å²) >= 11 is 0. The lowest BCUT2D eigenvalue weighted by atomic mass is 9.86. The largest absolute Gasteiger partial charge is 0.392 e. The highest BCUT2D eigenvalue weighted by Crippen LogP contribution is 2.39. The Labute approximate surface area is 97.0 Å². The molecule has 0 radical (unpaired) electrons. The standard InChI is InChI=1S/C13H12F4/c14-12-3-1-2-10(8-12)9-4-6-11(7-5-9)13(15,16)17/h1-4,8,11H,5-7H2. The van der Waals surface area contributed by atoms with Crippen molar-refractivity contribution in [3.63, 3.8) is 0 Å². The molecular formula is C13H12F4. The van der Waals surface area contributed by atoms with Crippen molar-refractivity contribution in [3.05, 3.63) is 41.7 Å². The van der Waals surface area contributed by atoms with Gasteiger partial charge < -0.3 is 0 Å². The summed E-state index contributed by atoms with van der Waals surface area (Å²) in [5, 5.41) is 0. The molecule has 17 heavy (non-hydrogen) atoms. The Balaban J connectivity index is 2.14. The van der Waals surface area contributed by atoms with Crippen LogP contribution in [-0.2, 0) is 0 Å². The maximum atomic E-state index is 13.0. The molecule has 92 valence electrons. The lowest BCUT2D eigenvalue weighted by Gasteiger charge is -2.24. The van der Waals surface area contributed by atoms with Gasteiger partial charge >= 0.3 is 6.18 Å². The summed E-state index contributed by atoms with van der Waals surface area (Å²) in [6.07, 6.45) is -2.10. The van der Waals surface area contributed by atoms with Crippen molar-refractivity contribution in [2.24, 2.45) is 5.92 Å². The molecule has 1 aromatic rings. The van der Waals surface area contributed by atoms with Crippen LogP contribution in [0.15, 0.2) is 30.3 Å². The van der Waals surface area contributed by atoms with Crippen LogP contribution in [0.3, 0.4) is 0 Å². The quantitative estimate of drug-likeness (QED) is 0.635. The van der Waals surface area contributed by atoms with Gasteiger partial charge in [0.15, 0.2) is 0 Å². The van der Waals surface area contributed by atoms with Gasteiger partial charge in [-0.25, -0.2) is 4.39 Å². The van der Waals surface area contributed by atoms with E-state index in [9.17, 15) is 17.6 Å². The lowest BCUT2D eigenvalue weighted by Crippen LogP contribution is -2.24. The van der Waals surface area contributed by atoms with Gasteiger partial charge in [-0.3, -0.25) is 0 Å². The first-order chi connectivity index (χ1) is 7.97. The number of rotatable bonds is 1. The minimum Gasteiger partial charge on any atom is -0.207 e. The van der Waals surface area contributed by atoms with Crippen molar-refractivity contribution in [3.8, 4) is 0 Å². The van der Waals surface area contributed by atoms with Gasteiger partial charge in [-0.2, -0.15) is 13.2 Å². The van der Waals surface area contributed by atoms with Crippen molar-refractivity contribution in [1.82, 2.24) is 0 Å². The van der Waals surface area contributed by atoms with Gasteiger partial charge in [0.25, 0.3) is 0 Å². The van der Waals surface area contributed by atoms with E-state index >= 15 is 0 Å². The summed E-state index contributed by atoms with van der Waals surface area (Å²) in [6, 6.07) is 5.98. The first kappa shape index (κ1) is 12.1. The smallest absolute Gasteiger partial charge is 0.207 e. The van der Waals surface area contributed by atoms with E-state index < -0.39 is 12.1 Å². The fraction of sp³-hybridized carbons (Fsp3) is 0.385. The molecule has 0 saturated carbocycles. The Morgan fingerprint density at radius 2 is 1.94 bits per heavy atom. The van der Waals surface area contributed by atoms with Crippen LogP contribution in [-0.4, -0.2) is 6.18 Å². The van der Waals surface area contributed by atoms with E-state index in [0.717, 1.165) is 5.57 Å². The summed E-state index contributed by atoms with van der Waals surface area (Å²) in [5.41, 5.74) is 1.50. The van der Waals surface area contributed by atoms with E-state index in [1.165, 1.54) is 12.1 Å². The van der Waals surface area contributed by atoms with Gasteiger partial charge in [-0.05, 0) is 42.5 Å². The van der Waals surface area contributed by atoms with Gasteiger partial charge in [0, 0.05) is 0 Å². The van der Waals surface area contributed by atoms with Crippen LogP contribution in [0.5, 0.6) is 0 Å². The SMILES string of the molecule is Fc1cccc(C2=CCC(C(F)(F)F)CC2)c1. The van der Waals surface area contributed by atoms with Gasteiger partial charge in [-0.1, -0.05) is 18.2 Å². The first-order valence-electron chi connectivity index (χ1n) is 5.48. The molecule has 0 N–H and O–H groups in total. The molecule has 2 rings (SSSR count). The molecule has 1 atom stereocenters. The van der Waals surface area contributed by atoms with E-state index in [1.807, 2.05) is 0 Å². The highest BCUT2D eigenvalue weighted by Gasteiger charge is 2.39. The second kappa shape index (κ2) is 4.51. The molecule has 1 aliphatic carbocycles. The Bertz CT molecular complexity index is 431. The van der Waals surface area contributed by atoms with E-state index in [2.05, 4.69) is 0 Å². The summed E-state index contributed by atoms with van der Waals surface area (Å²) in [6.45, 7) is 0. The number of benzene rings is 1. The summed E-state index contributed by atoms with van der Waals surface area (Å²) < 4.78 is 50.3. The van der Waals surface area contributed by atoms with Crippen molar-refractivity contribution >= 4 is 5.57 Å². The maximum absolute atomic E-state index is 13.0. The number of halogens is 4. The molecule has 0 spiro atoms. The highest BCUT2D eigenvalue weighted by atomic mass is 19.4. The number of hydrogen-bond acceptors (Lipinski definition) is 0. The normalized spacial score (nSPS) is 21.2. The van der Waals surface area contributed by atoms with Gasteiger partial charge in [0.1, 0.15) is 5.82 Å². The zero-order valence-corrected chi connectivity index (χ0v) is 9.10. The molecule has 0 nitrogen and oxygen atoms in total. The molecule has 0 aliphatic heterocycles. The highest BCUT2D eigenvalue weighted by molar-refractivity contribution is 5.66. The van der Waals surface area contributed by atoms with Crippen molar-refractivity contribution in [1.29, 1.82) is 0 Å². The molecular weight excluding hydrogens is 232 g/mol. The minimum absolute atomic E-state index is 0.00462. The first-order valence-corrected chi connectivity index (χ1v) is 5.48. The number of allylic oxidation sites excluding steroid dienone is 2. The van der Waals surface area contributed by atoms with E-state index in [-0.39, 0.29) is 18.7 Å². The molecule has 0 heterocycles. The second-order valence-electron chi connectivity index (χ2n) is 4.25. The average molecular weight is 244 g/mol. The predicted octanol–water partition coefficient (Wildman–Crippen LogP) is 4.57. The van der Waals surface area contributed by atoms with Gasteiger partial charge in [0.05, 0.1) is 5.92 Å². The van der Waals surface area contributed by atoms with Crippen LogP contribution < -0.4 is 0 Å². The van der Waals surface area contributed by atoms with Crippen LogP contribution in [0.2, 0.25) is 0 Å². The molecule has 0 amide bonds. The molecule has 1 unspecified atom stereocenters. The number of alkyl halides is 3. The Kier molecular flexibility index (Phi) is 3.22. The third-order valence-corrected chi connectivity index (χ3v) is 3.07. The van der Waals surface area contributed by atoms with E-state index in [1.54, 1.807) is 18.2 Å². The fourth-order valence-corrected chi connectivity index (χ4v) is 2.08. The molecule has 4 heteroatoms. The van der Waals surface area contributed by atoms with Crippen LogP contribution in [0, 0.1) is 11.7 Å². The van der Waals surface area contributed by atoms with Crippen LogP contribution in [0.25, 0.3) is 5.57 Å². The van der Waals surface area contributed by atoms with Crippen molar-refractivity contribution in [2.45, 2.75) is 25.4 Å². The zero-order chi connectivity index (χ0) is 12.5. The Morgan fingerprint density at radius 3 is 2.47 bits per heavy atom. The van der Waals surface area contributed by atoms with Crippen LogP contribution in [0.1, 0.15) is 24.8 Å². The van der Waals surface area contributed by atoms with E-state index in [0.29, 0.717) is 12.0 Å². The molecule has 1 aliphatic rings. The zero-order valence-electron chi connectivity index (χ0n) is 9.10. The van der Waals surface area contributed by atoms with Gasteiger partial charge in [-0.15, -0.1) is 0 Å². The third kappa shape index (κ3) is 2.87. The monoisotopic (exact) mass is 244 g/mol. The third-order valence-electron chi connectivity index (χ3n) is 3.07. The maximum Gasteiger partial charge on any atom is 0.392 e. The van der Waals surface area contributed by atoms with Crippen LogP contribution >= 0.6 is 0 Å². The molecule has 0 saturated heterocycles. The minimum atomic E-state index is -4.12. The summed E-state index contributed by atoms with van der Waals surface area (Å²) in [5.74, 6) is -1.61. The summed E-state index contributed by atoms with van der Waals surface area (Å²) in [4.78, 5) is 0. The van der Waals surface area contributed by atoms with Crippen molar-refractivity contribution in [2.75, 3.05) is 0 Å². The predicted molar refractivity (Wildman–Crippen MR) is 57.8 cm³/mol. The average Bonchev–Trinajstić information content (AvgIpc) is 2.28. The van der Waals surface area contributed by atoms with Crippen LogP contribution in [0.4, 0.5) is 17.6 Å². The fourth-order valence-electron chi connectivity index (χ4n) is 2.08. The second-order valence-corrected chi connectivity index (χ2v) is 4.25. The molecule has 0 aromatic heterocycles. The van der Waals surface area contributed by atoms with Gasteiger partial charge in [0.2, 0.25) is 0 Å². The molecule has 0 fully saturated rings. The number of hydrogen-bond donors (Lipinski definition) is 0. The Morgan fingerprint density at radius 1 is 1.18 bits per heavy atom. The molecule has 0 bridgehead atoms. The van der Waals surface area contributed by atoms with E-state index in [4.69, 9.17) is 0 Å². The lowest BCUT2D eigenvalue weighted by molar-refractivity contribution is -0.175.